The highest BCUT2D eigenvalue weighted by Crippen LogP contribution is 2.25. The summed E-state index contributed by atoms with van der Waals surface area (Å²) in [4.78, 5) is 10.7. The van der Waals surface area contributed by atoms with Gasteiger partial charge in [0.2, 0.25) is 11.7 Å². The summed E-state index contributed by atoms with van der Waals surface area (Å²) in [5, 5.41) is 7.86. The molecule has 0 bridgehead atoms. The summed E-state index contributed by atoms with van der Waals surface area (Å²) >= 11 is 6.03. The van der Waals surface area contributed by atoms with E-state index >= 15 is 0 Å². The number of aromatic nitrogens is 2. The molecular formula is C21H24ClN5O3. The van der Waals surface area contributed by atoms with Crippen molar-refractivity contribution in [1.29, 1.82) is 0 Å². The van der Waals surface area contributed by atoms with Gasteiger partial charge in [-0.1, -0.05) is 28.9 Å². The lowest BCUT2D eigenvalue weighted by atomic mass is 10.2. The fourth-order valence-electron chi connectivity index (χ4n) is 2.92. The highest BCUT2D eigenvalue weighted by molar-refractivity contribution is 6.30. The number of nitrogens with zero attached hydrogens (tertiary/aromatic N) is 4. The minimum absolute atomic E-state index is 0.338. The summed E-state index contributed by atoms with van der Waals surface area (Å²) in [7, 11) is 6.92. The van der Waals surface area contributed by atoms with Crippen molar-refractivity contribution in [3.05, 3.63) is 58.9 Å². The van der Waals surface area contributed by atoms with Crippen LogP contribution in [0.5, 0.6) is 11.5 Å². The highest BCUT2D eigenvalue weighted by Gasteiger charge is 2.13. The fraction of sp³-hybridized carbons (Fsp3) is 0.286. The predicted octanol–water partition coefficient (Wildman–Crippen LogP) is 3.61. The zero-order valence-electron chi connectivity index (χ0n) is 17.3. The quantitative estimate of drug-likeness (QED) is 0.453. The maximum Gasteiger partial charge on any atom is 0.246 e. The molecule has 0 saturated carbocycles. The van der Waals surface area contributed by atoms with Crippen molar-refractivity contribution >= 4 is 17.6 Å². The van der Waals surface area contributed by atoms with Crippen molar-refractivity contribution in [3.8, 4) is 22.9 Å². The summed E-state index contributed by atoms with van der Waals surface area (Å²) < 4.78 is 16.1. The normalized spacial score (nSPS) is 11.3. The zero-order valence-corrected chi connectivity index (χ0v) is 18.1. The van der Waals surface area contributed by atoms with E-state index < -0.39 is 0 Å². The number of hydrogen-bond acceptors (Lipinski definition) is 6. The Morgan fingerprint density at radius 3 is 2.73 bits per heavy atom. The van der Waals surface area contributed by atoms with Gasteiger partial charge in [-0.15, -0.1) is 0 Å². The topological polar surface area (TPSA) is 85.0 Å². The first-order valence-electron chi connectivity index (χ1n) is 9.25. The Labute approximate surface area is 180 Å². The van der Waals surface area contributed by atoms with Crippen molar-refractivity contribution in [3.63, 3.8) is 0 Å². The summed E-state index contributed by atoms with van der Waals surface area (Å²) in [6.45, 7) is 0.925. The molecule has 0 unspecified atom stereocenters. The Balaban J connectivity index is 1.63. The average molecular weight is 430 g/mol. The summed E-state index contributed by atoms with van der Waals surface area (Å²) in [6.07, 6.45) is 0. The molecule has 8 nitrogen and oxygen atoms in total. The Kier molecular flexibility index (Phi) is 7.13. The maximum absolute atomic E-state index is 6.03. The Bertz CT molecular complexity index is 1020. The minimum Gasteiger partial charge on any atom is -0.497 e. The Hall–Kier alpha value is -3.26. The van der Waals surface area contributed by atoms with Gasteiger partial charge in [0, 0.05) is 42.9 Å². The third kappa shape index (κ3) is 5.21. The molecule has 30 heavy (non-hydrogen) atoms. The third-order valence-electron chi connectivity index (χ3n) is 4.42. The van der Waals surface area contributed by atoms with Crippen LogP contribution in [0, 0.1) is 0 Å². The van der Waals surface area contributed by atoms with Gasteiger partial charge in [0.25, 0.3) is 0 Å². The molecular weight excluding hydrogens is 406 g/mol. The van der Waals surface area contributed by atoms with Crippen LogP contribution < -0.4 is 14.8 Å². The molecule has 0 saturated heterocycles. The van der Waals surface area contributed by atoms with Gasteiger partial charge in [-0.2, -0.15) is 4.98 Å². The van der Waals surface area contributed by atoms with Crippen LogP contribution in [0.3, 0.4) is 0 Å². The van der Waals surface area contributed by atoms with E-state index in [-0.39, 0.29) is 0 Å². The van der Waals surface area contributed by atoms with Crippen LogP contribution in [-0.4, -0.2) is 49.3 Å². The van der Waals surface area contributed by atoms with Crippen LogP contribution in [0.25, 0.3) is 11.4 Å². The Morgan fingerprint density at radius 2 is 2.03 bits per heavy atom. The number of aliphatic imine (C=N–C) groups is 1. The second kappa shape index (κ2) is 9.98. The van der Waals surface area contributed by atoms with E-state index in [1.807, 2.05) is 42.3 Å². The van der Waals surface area contributed by atoms with E-state index in [2.05, 4.69) is 20.4 Å². The van der Waals surface area contributed by atoms with Gasteiger partial charge >= 0.3 is 0 Å². The molecule has 2 aromatic carbocycles. The zero-order chi connectivity index (χ0) is 21.5. The van der Waals surface area contributed by atoms with Crippen molar-refractivity contribution in [2.75, 3.05) is 28.3 Å². The van der Waals surface area contributed by atoms with Crippen LogP contribution in [0.2, 0.25) is 5.02 Å². The van der Waals surface area contributed by atoms with Gasteiger partial charge in [-0.25, -0.2) is 0 Å². The molecule has 0 amide bonds. The number of halogens is 1. The van der Waals surface area contributed by atoms with E-state index in [0.717, 1.165) is 22.6 Å². The van der Waals surface area contributed by atoms with Crippen LogP contribution >= 0.6 is 11.6 Å². The first-order chi connectivity index (χ1) is 14.5. The molecule has 0 aliphatic rings. The lowest BCUT2D eigenvalue weighted by Crippen LogP contribution is -2.38. The SMILES string of the molecule is CN=C(NCc1nc(-c2cccc(Cl)c2)no1)N(C)Cc1ccc(OC)cc1OC. The lowest BCUT2D eigenvalue weighted by molar-refractivity contribution is 0.369. The Morgan fingerprint density at radius 1 is 1.20 bits per heavy atom. The van der Waals surface area contributed by atoms with E-state index in [9.17, 15) is 0 Å². The van der Waals surface area contributed by atoms with E-state index in [0.29, 0.717) is 35.8 Å². The van der Waals surface area contributed by atoms with Gasteiger partial charge < -0.3 is 24.2 Å². The number of nitrogens with one attached hydrogen (secondary N) is 1. The largest absolute Gasteiger partial charge is 0.497 e. The van der Waals surface area contributed by atoms with Crippen LogP contribution in [-0.2, 0) is 13.1 Å². The standard InChI is InChI=1S/C21H24ClN5O3/c1-23-21(27(2)13-15-8-9-17(28-3)11-18(15)29-4)24-12-19-25-20(26-30-19)14-6-5-7-16(22)10-14/h5-11H,12-13H2,1-4H3,(H,23,24). The molecule has 0 radical (unpaired) electrons. The number of benzene rings is 2. The maximum atomic E-state index is 6.03. The molecule has 0 aliphatic carbocycles. The van der Waals surface area contributed by atoms with Gasteiger partial charge in [0.1, 0.15) is 11.5 Å². The molecule has 0 atom stereocenters. The molecule has 3 rings (SSSR count). The van der Waals surface area contributed by atoms with Gasteiger partial charge in [0.15, 0.2) is 5.96 Å². The van der Waals surface area contributed by atoms with E-state index in [1.165, 1.54) is 0 Å². The van der Waals surface area contributed by atoms with Crippen molar-refractivity contribution in [1.82, 2.24) is 20.4 Å². The highest BCUT2D eigenvalue weighted by atomic mass is 35.5. The molecule has 3 aromatic rings. The summed E-state index contributed by atoms with van der Waals surface area (Å²) in [5.41, 5.74) is 1.80. The smallest absolute Gasteiger partial charge is 0.246 e. The molecule has 1 heterocycles. The molecule has 0 fully saturated rings. The second-order valence-electron chi connectivity index (χ2n) is 6.46. The molecule has 0 aliphatic heterocycles. The summed E-state index contributed by atoms with van der Waals surface area (Å²) in [5.74, 6) is 3.10. The number of ether oxygens (including phenoxy) is 2. The van der Waals surface area contributed by atoms with Crippen molar-refractivity contribution in [2.45, 2.75) is 13.1 Å². The van der Waals surface area contributed by atoms with Gasteiger partial charge in [-0.3, -0.25) is 4.99 Å². The number of guanidine groups is 1. The predicted molar refractivity (Wildman–Crippen MR) is 116 cm³/mol. The number of methoxy groups -OCH3 is 2. The monoisotopic (exact) mass is 429 g/mol. The minimum atomic E-state index is 0.338. The van der Waals surface area contributed by atoms with Gasteiger partial charge in [0.05, 0.1) is 20.8 Å². The first-order valence-corrected chi connectivity index (χ1v) is 9.63. The molecule has 1 aromatic heterocycles. The van der Waals surface area contributed by atoms with Crippen molar-refractivity contribution in [2.24, 2.45) is 4.99 Å². The van der Waals surface area contributed by atoms with Gasteiger partial charge in [-0.05, 0) is 24.3 Å². The molecule has 0 spiro atoms. The van der Waals surface area contributed by atoms with Crippen LogP contribution in [0.4, 0.5) is 0 Å². The van der Waals surface area contributed by atoms with Crippen molar-refractivity contribution < 1.29 is 14.0 Å². The fourth-order valence-corrected chi connectivity index (χ4v) is 3.11. The first kappa shape index (κ1) is 21.4. The molecule has 158 valence electrons. The van der Waals surface area contributed by atoms with E-state index in [1.54, 1.807) is 33.4 Å². The van der Waals surface area contributed by atoms with Crippen LogP contribution in [0.15, 0.2) is 52.0 Å². The molecule has 9 heteroatoms. The number of rotatable bonds is 7. The van der Waals surface area contributed by atoms with Crippen LogP contribution in [0.1, 0.15) is 11.5 Å². The lowest BCUT2D eigenvalue weighted by Gasteiger charge is -2.22. The third-order valence-corrected chi connectivity index (χ3v) is 4.66. The summed E-state index contributed by atoms with van der Waals surface area (Å²) in [6, 6.07) is 13.0. The second-order valence-corrected chi connectivity index (χ2v) is 6.89. The number of hydrogen-bond donors (Lipinski definition) is 1. The van der Waals surface area contributed by atoms with E-state index in [4.69, 9.17) is 25.6 Å². The average Bonchev–Trinajstić information content (AvgIpc) is 3.23. The molecule has 1 N–H and O–H groups in total.